The normalized spacial score (nSPS) is 22.7. The number of carbonyl (C=O) groups excluding carboxylic acids is 1. The Balaban J connectivity index is 2.16. The lowest BCUT2D eigenvalue weighted by molar-refractivity contribution is -0.304. The lowest BCUT2D eigenvalue weighted by Crippen LogP contribution is -2.47. The highest BCUT2D eigenvalue weighted by Gasteiger charge is 2.38. The van der Waals surface area contributed by atoms with Crippen LogP contribution in [0.2, 0.25) is 0 Å². The van der Waals surface area contributed by atoms with Crippen LogP contribution in [0, 0.1) is 5.41 Å². The highest BCUT2D eigenvalue weighted by Crippen LogP contribution is 2.35. The predicted molar refractivity (Wildman–Crippen MR) is 118 cm³/mol. The summed E-state index contributed by atoms with van der Waals surface area (Å²) in [7, 11) is 0. The van der Waals surface area contributed by atoms with Gasteiger partial charge < -0.3 is 18.9 Å². The highest BCUT2D eigenvalue weighted by atomic mass is 16.7. The molecule has 1 aliphatic heterocycles. The molecule has 0 saturated carbocycles. The molecule has 1 heterocycles. The van der Waals surface area contributed by atoms with Crippen molar-refractivity contribution < 1.29 is 23.7 Å². The van der Waals surface area contributed by atoms with E-state index >= 15 is 0 Å². The summed E-state index contributed by atoms with van der Waals surface area (Å²) in [4.78, 5) is 11.9. The summed E-state index contributed by atoms with van der Waals surface area (Å²) in [6, 6.07) is 10.1. The largest absolute Gasteiger partial charge is 0.463 e. The molecule has 5 nitrogen and oxygen atoms in total. The van der Waals surface area contributed by atoms with Gasteiger partial charge in [0.05, 0.1) is 31.5 Å². The van der Waals surface area contributed by atoms with E-state index < -0.39 is 5.79 Å². The number of hydrogen-bond acceptors (Lipinski definition) is 5. The topological polar surface area (TPSA) is 54.0 Å². The van der Waals surface area contributed by atoms with Gasteiger partial charge in [0.15, 0.2) is 5.79 Å². The van der Waals surface area contributed by atoms with Crippen molar-refractivity contribution >= 4 is 5.97 Å². The van der Waals surface area contributed by atoms with Crippen LogP contribution in [-0.4, -0.2) is 36.7 Å². The summed E-state index contributed by atoms with van der Waals surface area (Å²) in [5.41, 5.74) is 0.738. The molecule has 0 radical (unpaired) electrons. The Labute approximate surface area is 181 Å². The molecule has 0 aromatic heterocycles. The van der Waals surface area contributed by atoms with E-state index in [1.54, 1.807) is 6.92 Å². The number of esters is 1. The molecule has 1 aliphatic rings. The Kier molecular flexibility index (Phi) is 9.08. The quantitative estimate of drug-likeness (QED) is 0.375. The van der Waals surface area contributed by atoms with Crippen LogP contribution >= 0.6 is 0 Å². The van der Waals surface area contributed by atoms with Crippen LogP contribution in [0.1, 0.15) is 66.4 Å². The fourth-order valence-corrected chi connectivity index (χ4v) is 3.79. The Morgan fingerprint density at radius 1 is 1.20 bits per heavy atom. The molecule has 0 unspecified atom stereocenters. The third-order valence-electron chi connectivity index (χ3n) is 5.42. The van der Waals surface area contributed by atoms with Crippen molar-refractivity contribution in [1.29, 1.82) is 0 Å². The molecule has 2 rings (SSSR count). The molecule has 0 aliphatic carbocycles. The first-order valence-corrected chi connectivity index (χ1v) is 11.0. The van der Waals surface area contributed by atoms with Crippen molar-refractivity contribution in [2.75, 3.05) is 6.61 Å². The molecular formula is C25H38O5. The van der Waals surface area contributed by atoms with Crippen molar-refractivity contribution in [3.63, 3.8) is 0 Å². The van der Waals surface area contributed by atoms with E-state index in [2.05, 4.69) is 32.9 Å². The molecule has 5 heteroatoms. The summed E-state index contributed by atoms with van der Waals surface area (Å²) >= 11 is 0. The first-order chi connectivity index (χ1) is 14.1. The number of rotatable bonds is 10. The molecule has 0 bridgehead atoms. The zero-order valence-electron chi connectivity index (χ0n) is 19.4. The SMILES string of the molecule is CCOC(=O)/C=C/C(C)(C)[C@H](C[C@H]1C[C@@H](CC)OC(C)(C)O1)OCc1ccccc1. The van der Waals surface area contributed by atoms with Gasteiger partial charge in [-0.3, -0.25) is 0 Å². The van der Waals surface area contributed by atoms with Gasteiger partial charge in [-0.15, -0.1) is 0 Å². The van der Waals surface area contributed by atoms with Gasteiger partial charge in [0.25, 0.3) is 0 Å². The third kappa shape index (κ3) is 7.86. The number of benzene rings is 1. The number of hydrogen-bond donors (Lipinski definition) is 0. The summed E-state index contributed by atoms with van der Waals surface area (Å²) < 4.78 is 23.7. The zero-order chi connectivity index (χ0) is 22.2. The summed E-state index contributed by atoms with van der Waals surface area (Å²) in [6.45, 7) is 12.9. The maximum Gasteiger partial charge on any atom is 0.330 e. The molecule has 0 spiro atoms. The van der Waals surface area contributed by atoms with Gasteiger partial charge in [-0.05, 0) is 32.8 Å². The van der Waals surface area contributed by atoms with E-state index in [9.17, 15) is 4.79 Å². The fourth-order valence-electron chi connectivity index (χ4n) is 3.79. The first kappa shape index (κ1) is 24.6. The van der Waals surface area contributed by atoms with Crippen molar-refractivity contribution in [3.8, 4) is 0 Å². The Morgan fingerprint density at radius 3 is 2.50 bits per heavy atom. The number of carbonyl (C=O) groups is 1. The molecule has 1 saturated heterocycles. The Bertz CT molecular complexity index is 680. The second-order valence-corrected chi connectivity index (χ2v) is 8.95. The minimum atomic E-state index is -0.613. The number of ether oxygens (including phenoxy) is 4. The molecule has 1 fully saturated rings. The van der Waals surface area contributed by atoms with E-state index in [1.807, 2.05) is 38.1 Å². The maximum atomic E-state index is 11.9. The van der Waals surface area contributed by atoms with E-state index in [0.29, 0.717) is 13.2 Å². The monoisotopic (exact) mass is 418 g/mol. The lowest BCUT2D eigenvalue weighted by atomic mass is 9.82. The smallest absolute Gasteiger partial charge is 0.330 e. The average molecular weight is 419 g/mol. The average Bonchev–Trinajstić information content (AvgIpc) is 2.69. The van der Waals surface area contributed by atoms with Crippen LogP contribution in [0.25, 0.3) is 0 Å². The fraction of sp³-hybridized carbons (Fsp3) is 0.640. The van der Waals surface area contributed by atoms with Crippen molar-refractivity contribution in [2.24, 2.45) is 5.41 Å². The predicted octanol–water partition coefficient (Wildman–Crippen LogP) is 5.43. The summed E-state index contributed by atoms with van der Waals surface area (Å²) in [5, 5.41) is 0. The van der Waals surface area contributed by atoms with Gasteiger partial charge in [0.1, 0.15) is 0 Å². The third-order valence-corrected chi connectivity index (χ3v) is 5.42. The maximum absolute atomic E-state index is 11.9. The van der Waals surface area contributed by atoms with Gasteiger partial charge in [0, 0.05) is 24.3 Å². The highest BCUT2D eigenvalue weighted by molar-refractivity contribution is 5.82. The molecule has 3 atom stereocenters. The van der Waals surface area contributed by atoms with E-state index in [0.717, 1.165) is 24.8 Å². The molecule has 1 aromatic rings. The second kappa shape index (κ2) is 11.1. The van der Waals surface area contributed by atoms with Crippen LogP contribution in [0.4, 0.5) is 0 Å². The van der Waals surface area contributed by atoms with Gasteiger partial charge in [-0.2, -0.15) is 0 Å². The van der Waals surface area contributed by atoms with E-state index in [1.165, 1.54) is 6.08 Å². The van der Waals surface area contributed by atoms with Gasteiger partial charge >= 0.3 is 5.97 Å². The van der Waals surface area contributed by atoms with Crippen LogP contribution in [0.15, 0.2) is 42.5 Å². The van der Waals surface area contributed by atoms with Gasteiger partial charge in [0.2, 0.25) is 0 Å². The molecule has 0 amide bonds. The standard InChI is InChI=1S/C25H38O5/c1-7-20-16-21(30-25(5,6)29-20)17-22(28-18-19-12-10-9-11-13-19)24(3,4)15-14-23(26)27-8-2/h9-15,20-22H,7-8,16-18H2,1-6H3/b15-14+/t20-,21-,22+/m1/s1. The lowest BCUT2D eigenvalue weighted by Gasteiger charge is -2.43. The Morgan fingerprint density at radius 2 is 1.87 bits per heavy atom. The van der Waals surface area contributed by atoms with Gasteiger partial charge in [-0.1, -0.05) is 57.2 Å². The van der Waals surface area contributed by atoms with Crippen molar-refractivity contribution in [2.45, 2.75) is 91.5 Å². The Hall–Kier alpha value is -1.69. The summed E-state index contributed by atoms with van der Waals surface area (Å²) in [5.74, 6) is -0.944. The molecule has 1 aromatic carbocycles. The summed E-state index contributed by atoms with van der Waals surface area (Å²) in [6.07, 6.45) is 5.96. The van der Waals surface area contributed by atoms with E-state index in [-0.39, 0.29) is 29.7 Å². The molecular weight excluding hydrogens is 380 g/mol. The van der Waals surface area contributed by atoms with Crippen LogP contribution in [0.5, 0.6) is 0 Å². The van der Waals surface area contributed by atoms with Crippen LogP contribution in [0.3, 0.4) is 0 Å². The molecule has 0 N–H and O–H groups in total. The first-order valence-electron chi connectivity index (χ1n) is 11.0. The van der Waals surface area contributed by atoms with E-state index in [4.69, 9.17) is 18.9 Å². The zero-order valence-corrected chi connectivity index (χ0v) is 19.4. The molecule has 168 valence electrons. The van der Waals surface area contributed by atoms with Crippen molar-refractivity contribution in [1.82, 2.24) is 0 Å². The van der Waals surface area contributed by atoms with Crippen LogP contribution < -0.4 is 0 Å². The minimum Gasteiger partial charge on any atom is -0.463 e. The van der Waals surface area contributed by atoms with Crippen molar-refractivity contribution in [3.05, 3.63) is 48.0 Å². The molecule has 30 heavy (non-hydrogen) atoms. The second-order valence-electron chi connectivity index (χ2n) is 8.95. The van der Waals surface area contributed by atoms with Gasteiger partial charge in [-0.25, -0.2) is 4.79 Å². The minimum absolute atomic E-state index is 0.0229. The van der Waals surface area contributed by atoms with Crippen LogP contribution in [-0.2, 0) is 30.3 Å².